The maximum absolute atomic E-state index is 13.3. The van der Waals surface area contributed by atoms with Crippen LogP contribution in [0.25, 0.3) is 10.9 Å². The summed E-state index contributed by atoms with van der Waals surface area (Å²) in [5, 5.41) is 13.5. The lowest BCUT2D eigenvalue weighted by Crippen LogP contribution is -2.24. The van der Waals surface area contributed by atoms with Crippen LogP contribution in [0.15, 0.2) is 41.6 Å². The first-order chi connectivity index (χ1) is 13.4. The standard InChI is InChI=1S/C15H7ClF4N4O4S/c16-9-3-7(1-2-10(9)17)23-14-8-4-12(24(25)26)13(5-11(8)21-6-22-14)29(27,28)15(18,19)20/h1-6H,(H,21,22,23). The number of nitrogens with one attached hydrogen (secondary N) is 1. The molecule has 14 heteroatoms. The van der Waals surface area contributed by atoms with Gasteiger partial charge in [0.2, 0.25) is 0 Å². The number of hydrogen-bond acceptors (Lipinski definition) is 7. The van der Waals surface area contributed by atoms with Crippen LogP contribution in [-0.2, 0) is 9.84 Å². The zero-order valence-electron chi connectivity index (χ0n) is 13.7. The molecule has 8 nitrogen and oxygen atoms in total. The van der Waals surface area contributed by atoms with Gasteiger partial charge >= 0.3 is 5.51 Å². The Morgan fingerprint density at radius 2 is 1.83 bits per heavy atom. The predicted octanol–water partition coefficient (Wildman–Crippen LogP) is 4.37. The van der Waals surface area contributed by atoms with Gasteiger partial charge in [0.25, 0.3) is 15.5 Å². The van der Waals surface area contributed by atoms with E-state index < -0.39 is 36.7 Å². The van der Waals surface area contributed by atoms with Crippen molar-refractivity contribution in [1.82, 2.24) is 9.97 Å². The van der Waals surface area contributed by atoms with E-state index in [1.165, 1.54) is 12.1 Å². The minimum absolute atomic E-state index is 0.100. The zero-order valence-corrected chi connectivity index (χ0v) is 15.3. The third-order valence-corrected chi connectivity index (χ3v) is 5.49. The summed E-state index contributed by atoms with van der Waals surface area (Å²) in [7, 11) is -6.01. The van der Waals surface area contributed by atoms with Crippen molar-refractivity contribution in [3.63, 3.8) is 0 Å². The Balaban J connectivity index is 2.22. The number of fused-ring (bicyclic) bond motifs is 1. The van der Waals surface area contributed by atoms with Crippen LogP contribution >= 0.6 is 11.6 Å². The SMILES string of the molecule is O=[N+]([O-])c1cc2c(Nc3ccc(F)c(Cl)c3)ncnc2cc1S(=O)(=O)C(F)(F)F. The lowest BCUT2D eigenvalue weighted by atomic mass is 10.2. The van der Waals surface area contributed by atoms with Crippen molar-refractivity contribution >= 4 is 49.5 Å². The maximum atomic E-state index is 13.3. The van der Waals surface area contributed by atoms with Crippen molar-refractivity contribution in [2.75, 3.05) is 5.32 Å². The van der Waals surface area contributed by atoms with Crippen molar-refractivity contribution in [3.05, 3.63) is 57.6 Å². The quantitative estimate of drug-likeness (QED) is 0.356. The number of sulfone groups is 1. The van der Waals surface area contributed by atoms with E-state index in [9.17, 15) is 36.1 Å². The molecule has 0 radical (unpaired) electrons. The van der Waals surface area contributed by atoms with Crippen LogP contribution < -0.4 is 5.32 Å². The highest BCUT2D eigenvalue weighted by atomic mass is 35.5. The van der Waals surface area contributed by atoms with Gasteiger partial charge in [-0.1, -0.05) is 11.6 Å². The number of nitro benzene ring substituents is 1. The van der Waals surface area contributed by atoms with Gasteiger partial charge in [0.05, 0.1) is 15.5 Å². The number of nitrogens with zero attached hydrogens (tertiary/aromatic N) is 3. The lowest BCUT2D eigenvalue weighted by Gasteiger charge is -2.12. The summed E-state index contributed by atoms with van der Waals surface area (Å²) < 4.78 is 75.4. The summed E-state index contributed by atoms with van der Waals surface area (Å²) in [6, 6.07) is 4.54. The van der Waals surface area contributed by atoms with Gasteiger partial charge in [-0.3, -0.25) is 10.1 Å². The number of anilines is 2. The minimum Gasteiger partial charge on any atom is -0.340 e. The fourth-order valence-electron chi connectivity index (χ4n) is 2.37. The van der Waals surface area contributed by atoms with Crippen LogP contribution in [0.3, 0.4) is 0 Å². The van der Waals surface area contributed by atoms with Crippen LogP contribution in [0.1, 0.15) is 0 Å². The average Bonchev–Trinajstić information content (AvgIpc) is 2.63. The van der Waals surface area contributed by atoms with E-state index in [1.807, 2.05) is 0 Å². The fraction of sp³-hybridized carbons (Fsp3) is 0.0667. The molecule has 0 saturated heterocycles. The highest BCUT2D eigenvalue weighted by Gasteiger charge is 2.50. The molecule has 2 aromatic carbocycles. The van der Waals surface area contributed by atoms with Crippen LogP contribution in [0.5, 0.6) is 0 Å². The molecule has 0 aliphatic heterocycles. The summed E-state index contributed by atoms with van der Waals surface area (Å²) >= 11 is 5.67. The summed E-state index contributed by atoms with van der Waals surface area (Å²) in [6.45, 7) is 0. The van der Waals surface area contributed by atoms with Crippen LogP contribution in [0.4, 0.5) is 34.8 Å². The molecular weight excluding hydrogens is 444 g/mol. The van der Waals surface area contributed by atoms with E-state index >= 15 is 0 Å². The summed E-state index contributed by atoms with van der Waals surface area (Å²) in [5.74, 6) is -0.806. The Morgan fingerprint density at radius 1 is 1.14 bits per heavy atom. The molecule has 1 aromatic heterocycles. The molecule has 3 rings (SSSR count). The first-order valence-corrected chi connectivity index (χ1v) is 9.24. The highest BCUT2D eigenvalue weighted by Crippen LogP contribution is 2.38. The smallest absolute Gasteiger partial charge is 0.340 e. The normalized spacial score (nSPS) is 12.2. The summed E-state index contributed by atoms with van der Waals surface area (Å²) in [6.07, 6.45) is 0.908. The van der Waals surface area contributed by atoms with Gasteiger partial charge in [-0.2, -0.15) is 13.2 Å². The number of aromatic nitrogens is 2. The number of nitro groups is 1. The minimum atomic E-state index is -6.01. The van der Waals surface area contributed by atoms with Crippen molar-refractivity contribution in [2.24, 2.45) is 0 Å². The van der Waals surface area contributed by atoms with Crippen LogP contribution in [0.2, 0.25) is 5.02 Å². The molecule has 0 unspecified atom stereocenters. The first kappa shape index (κ1) is 20.7. The van der Waals surface area contributed by atoms with Gasteiger partial charge in [-0.05, 0) is 24.3 Å². The molecule has 29 heavy (non-hydrogen) atoms. The van der Waals surface area contributed by atoms with Crippen molar-refractivity contribution < 1.29 is 30.9 Å². The predicted molar refractivity (Wildman–Crippen MR) is 94.1 cm³/mol. The van der Waals surface area contributed by atoms with Crippen molar-refractivity contribution in [2.45, 2.75) is 10.4 Å². The van der Waals surface area contributed by atoms with Gasteiger partial charge < -0.3 is 5.32 Å². The molecule has 1 N–H and O–H groups in total. The van der Waals surface area contributed by atoms with Gasteiger partial charge in [0, 0.05) is 17.1 Å². The lowest BCUT2D eigenvalue weighted by molar-refractivity contribution is -0.387. The van der Waals surface area contributed by atoms with E-state index in [4.69, 9.17) is 11.6 Å². The van der Waals surface area contributed by atoms with Gasteiger partial charge in [0.1, 0.15) is 18.0 Å². The second kappa shape index (κ2) is 7.08. The molecular formula is C15H7ClF4N4O4S. The summed E-state index contributed by atoms with van der Waals surface area (Å²) in [4.78, 5) is 16.0. The zero-order chi connectivity index (χ0) is 21.6. The van der Waals surface area contributed by atoms with Crippen LogP contribution in [0, 0.1) is 15.9 Å². The molecule has 152 valence electrons. The van der Waals surface area contributed by atoms with Gasteiger partial charge in [0.15, 0.2) is 4.90 Å². The topological polar surface area (TPSA) is 115 Å². The third kappa shape index (κ3) is 3.78. The molecule has 0 spiro atoms. The third-order valence-electron chi connectivity index (χ3n) is 3.69. The Bertz CT molecular complexity index is 1250. The molecule has 0 atom stereocenters. The molecule has 3 aromatic rings. The van der Waals surface area contributed by atoms with Gasteiger partial charge in [-0.15, -0.1) is 0 Å². The summed E-state index contributed by atoms with van der Waals surface area (Å²) in [5.41, 5.74) is -7.13. The molecule has 0 bridgehead atoms. The molecule has 0 amide bonds. The first-order valence-electron chi connectivity index (χ1n) is 7.38. The second-order valence-corrected chi connectivity index (χ2v) is 7.84. The van der Waals surface area contributed by atoms with Crippen LogP contribution in [-0.4, -0.2) is 28.8 Å². The molecule has 0 fully saturated rings. The van der Waals surface area contributed by atoms with E-state index in [2.05, 4.69) is 15.3 Å². The second-order valence-electron chi connectivity index (χ2n) is 5.52. The molecule has 0 aliphatic carbocycles. The number of alkyl halides is 3. The molecule has 1 heterocycles. The van der Waals surface area contributed by atoms with E-state index in [0.29, 0.717) is 12.1 Å². The molecule has 0 saturated carbocycles. The van der Waals surface area contributed by atoms with E-state index in [1.54, 1.807) is 0 Å². The highest BCUT2D eigenvalue weighted by molar-refractivity contribution is 7.92. The van der Waals surface area contributed by atoms with Gasteiger partial charge in [-0.25, -0.2) is 22.8 Å². The number of halogens is 5. The Hall–Kier alpha value is -3.06. The fourth-order valence-corrected chi connectivity index (χ4v) is 3.47. The Labute approximate surface area is 164 Å². The maximum Gasteiger partial charge on any atom is 0.502 e. The number of rotatable bonds is 4. The largest absolute Gasteiger partial charge is 0.502 e. The number of hydrogen-bond donors (Lipinski definition) is 1. The average molecular weight is 451 g/mol. The number of benzene rings is 2. The van der Waals surface area contributed by atoms with E-state index in [0.717, 1.165) is 12.4 Å². The monoisotopic (exact) mass is 450 g/mol. The van der Waals surface area contributed by atoms with E-state index in [-0.39, 0.29) is 27.4 Å². The molecule has 0 aliphatic rings. The van der Waals surface area contributed by atoms with Crippen molar-refractivity contribution in [1.29, 1.82) is 0 Å². The van der Waals surface area contributed by atoms with Crippen molar-refractivity contribution in [3.8, 4) is 0 Å². The Kier molecular flexibility index (Phi) is 5.04. The Morgan fingerprint density at radius 3 is 2.41 bits per heavy atom.